The second-order valence-corrected chi connectivity index (χ2v) is 4.82. The van der Waals surface area contributed by atoms with Crippen LogP contribution in [0.5, 0.6) is 0 Å². The number of nitrogens with one attached hydrogen (secondary N) is 1. The minimum Gasteiger partial charge on any atom is -0.478 e. The van der Waals surface area contributed by atoms with Gasteiger partial charge in [-0.15, -0.1) is 11.3 Å². The maximum Gasteiger partial charge on any atom is 0.328 e. The summed E-state index contributed by atoms with van der Waals surface area (Å²) in [4.78, 5) is 23.0. The Morgan fingerprint density at radius 1 is 1.50 bits per heavy atom. The van der Waals surface area contributed by atoms with Crippen molar-refractivity contribution >= 4 is 29.3 Å². The van der Waals surface area contributed by atoms with E-state index in [4.69, 9.17) is 5.11 Å². The lowest BCUT2D eigenvalue weighted by Crippen LogP contribution is -2.27. The van der Waals surface area contributed by atoms with Gasteiger partial charge < -0.3 is 10.4 Å². The standard InChI is InChI=1S/C13H13N3O3S/c17-11(18)3-2-10-4-9-20-12(10)13(19)14-6-8-16-7-1-5-15-16/h1-5,7,9H,6,8H2,(H,14,19)(H,17,18). The molecule has 2 aromatic heterocycles. The number of carboxylic acid groups (broad SMARTS) is 1. The van der Waals surface area contributed by atoms with Gasteiger partial charge >= 0.3 is 5.97 Å². The van der Waals surface area contributed by atoms with Gasteiger partial charge in [-0.1, -0.05) is 0 Å². The first-order valence-corrected chi connectivity index (χ1v) is 6.79. The van der Waals surface area contributed by atoms with E-state index in [0.29, 0.717) is 23.5 Å². The molecule has 0 bridgehead atoms. The van der Waals surface area contributed by atoms with Crippen LogP contribution in [0.2, 0.25) is 0 Å². The van der Waals surface area contributed by atoms with Crippen LogP contribution < -0.4 is 5.32 Å². The number of aliphatic carboxylic acids is 1. The monoisotopic (exact) mass is 291 g/mol. The van der Waals surface area contributed by atoms with Gasteiger partial charge in [-0.2, -0.15) is 5.10 Å². The van der Waals surface area contributed by atoms with Crippen LogP contribution in [0.3, 0.4) is 0 Å². The summed E-state index contributed by atoms with van der Waals surface area (Å²) in [5, 5.41) is 17.2. The number of aromatic nitrogens is 2. The van der Waals surface area contributed by atoms with Gasteiger partial charge in [0, 0.05) is 25.0 Å². The topological polar surface area (TPSA) is 84.2 Å². The molecule has 0 aliphatic carbocycles. The lowest BCUT2D eigenvalue weighted by molar-refractivity contribution is -0.131. The van der Waals surface area contributed by atoms with Gasteiger partial charge in [0.2, 0.25) is 0 Å². The maximum atomic E-state index is 12.0. The average Bonchev–Trinajstić information content (AvgIpc) is 3.07. The van der Waals surface area contributed by atoms with Crippen LogP contribution in [0.25, 0.3) is 6.08 Å². The van der Waals surface area contributed by atoms with Crippen molar-refractivity contribution < 1.29 is 14.7 Å². The van der Waals surface area contributed by atoms with Gasteiger partial charge in [-0.05, 0) is 29.2 Å². The highest BCUT2D eigenvalue weighted by Crippen LogP contribution is 2.18. The Hall–Kier alpha value is -2.41. The summed E-state index contributed by atoms with van der Waals surface area (Å²) in [5.41, 5.74) is 0.606. The Morgan fingerprint density at radius 2 is 2.35 bits per heavy atom. The first-order chi connectivity index (χ1) is 9.66. The lowest BCUT2D eigenvalue weighted by atomic mass is 10.2. The molecular weight excluding hydrogens is 278 g/mol. The van der Waals surface area contributed by atoms with Crippen LogP contribution in [0.1, 0.15) is 15.2 Å². The molecule has 0 aliphatic rings. The van der Waals surface area contributed by atoms with E-state index in [1.165, 1.54) is 17.4 Å². The molecule has 0 atom stereocenters. The quantitative estimate of drug-likeness (QED) is 0.789. The van der Waals surface area contributed by atoms with Gasteiger partial charge in [0.05, 0.1) is 11.4 Å². The van der Waals surface area contributed by atoms with E-state index in [9.17, 15) is 9.59 Å². The number of rotatable bonds is 6. The molecule has 1 amide bonds. The minimum atomic E-state index is -1.04. The fraction of sp³-hybridized carbons (Fsp3) is 0.154. The Morgan fingerprint density at radius 3 is 3.05 bits per heavy atom. The molecule has 0 saturated heterocycles. The number of amides is 1. The highest BCUT2D eigenvalue weighted by atomic mass is 32.1. The van der Waals surface area contributed by atoms with E-state index < -0.39 is 5.97 Å². The molecule has 2 rings (SSSR count). The van der Waals surface area contributed by atoms with Crippen molar-refractivity contribution in [2.45, 2.75) is 6.54 Å². The third-order valence-electron chi connectivity index (χ3n) is 2.49. The summed E-state index contributed by atoms with van der Waals surface area (Å²) in [6.45, 7) is 1.05. The molecular formula is C13H13N3O3S. The first-order valence-electron chi connectivity index (χ1n) is 5.91. The van der Waals surface area contributed by atoms with Gasteiger partial charge in [0.25, 0.3) is 5.91 Å². The highest BCUT2D eigenvalue weighted by Gasteiger charge is 2.11. The number of carbonyl (C=O) groups excluding carboxylic acids is 1. The molecule has 0 aromatic carbocycles. The second kappa shape index (κ2) is 6.67. The smallest absolute Gasteiger partial charge is 0.328 e. The zero-order chi connectivity index (χ0) is 14.4. The third-order valence-corrected chi connectivity index (χ3v) is 3.42. The molecule has 0 unspecified atom stereocenters. The first kappa shape index (κ1) is 14.0. The van der Waals surface area contributed by atoms with E-state index in [1.807, 2.05) is 12.3 Å². The summed E-state index contributed by atoms with van der Waals surface area (Å²) >= 11 is 1.28. The van der Waals surface area contributed by atoms with Gasteiger partial charge in [0.1, 0.15) is 0 Å². The van der Waals surface area contributed by atoms with E-state index >= 15 is 0 Å². The van der Waals surface area contributed by atoms with Crippen molar-refractivity contribution in [1.29, 1.82) is 0 Å². The average molecular weight is 291 g/mol. The predicted octanol–water partition coefficient (Wildman–Crippen LogP) is 1.47. The fourth-order valence-corrected chi connectivity index (χ4v) is 2.40. The van der Waals surface area contributed by atoms with Crippen LogP contribution in [-0.2, 0) is 11.3 Å². The van der Waals surface area contributed by atoms with Gasteiger partial charge in [0.15, 0.2) is 0 Å². The maximum absolute atomic E-state index is 12.0. The van der Waals surface area contributed by atoms with Crippen molar-refractivity contribution in [1.82, 2.24) is 15.1 Å². The number of hydrogen-bond donors (Lipinski definition) is 2. The Balaban J connectivity index is 1.92. The highest BCUT2D eigenvalue weighted by molar-refractivity contribution is 7.12. The summed E-state index contributed by atoms with van der Waals surface area (Å²) in [5.74, 6) is -1.25. The molecule has 7 heteroatoms. The minimum absolute atomic E-state index is 0.211. The van der Waals surface area contributed by atoms with Gasteiger partial charge in [-0.25, -0.2) is 4.79 Å². The molecule has 0 spiro atoms. The summed E-state index contributed by atoms with van der Waals surface area (Å²) in [7, 11) is 0. The largest absolute Gasteiger partial charge is 0.478 e. The van der Waals surface area contributed by atoms with Crippen LogP contribution in [0.15, 0.2) is 36.0 Å². The van der Waals surface area contributed by atoms with E-state index in [-0.39, 0.29) is 5.91 Å². The van der Waals surface area contributed by atoms with Crippen LogP contribution in [-0.4, -0.2) is 33.3 Å². The number of carbonyl (C=O) groups is 2. The van der Waals surface area contributed by atoms with Crippen LogP contribution >= 0.6 is 11.3 Å². The molecule has 2 heterocycles. The Kier molecular flexibility index (Phi) is 4.67. The van der Waals surface area contributed by atoms with Gasteiger partial charge in [-0.3, -0.25) is 9.48 Å². The molecule has 0 aliphatic heterocycles. The van der Waals surface area contributed by atoms with Crippen molar-refractivity contribution in [3.63, 3.8) is 0 Å². The molecule has 20 heavy (non-hydrogen) atoms. The predicted molar refractivity (Wildman–Crippen MR) is 75.5 cm³/mol. The number of hydrogen-bond acceptors (Lipinski definition) is 4. The second-order valence-electron chi connectivity index (χ2n) is 3.90. The zero-order valence-corrected chi connectivity index (χ0v) is 11.3. The van der Waals surface area contributed by atoms with Crippen molar-refractivity contribution in [2.24, 2.45) is 0 Å². The normalized spacial score (nSPS) is 10.8. The molecule has 6 nitrogen and oxygen atoms in total. The Bertz CT molecular complexity index is 617. The molecule has 2 aromatic rings. The number of thiophene rings is 1. The fourth-order valence-electron chi connectivity index (χ4n) is 1.59. The van der Waals surface area contributed by atoms with Crippen molar-refractivity contribution in [3.8, 4) is 0 Å². The third kappa shape index (κ3) is 3.79. The molecule has 104 valence electrons. The van der Waals surface area contributed by atoms with E-state index in [1.54, 1.807) is 22.3 Å². The summed E-state index contributed by atoms with van der Waals surface area (Å²) < 4.78 is 1.72. The SMILES string of the molecule is O=C(O)C=Cc1ccsc1C(=O)NCCn1cccn1. The van der Waals surface area contributed by atoms with E-state index in [0.717, 1.165) is 6.08 Å². The molecule has 0 fully saturated rings. The summed E-state index contributed by atoms with van der Waals surface area (Å²) in [6, 6.07) is 3.53. The molecule has 0 saturated carbocycles. The van der Waals surface area contributed by atoms with Crippen molar-refractivity contribution in [2.75, 3.05) is 6.54 Å². The van der Waals surface area contributed by atoms with E-state index in [2.05, 4.69) is 10.4 Å². The lowest BCUT2D eigenvalue weighted by Gasteiger charge is -2.04. The number of nitrogens with zero attached hydrogens (tertiary/aromatic N) is 2. The molecule has 0 radical (unpaired) electrons. The summed E-state index contributed by atoms with van der Waals surface area (Å²) in [6.07, 6.45) is 5.93. The molecule has 2 N–H and O–H groups in total. The van der Waals surface area contributed by atoms with Crippen LogP contribution in [0.4, 0.5) is 0 Å². The Labute approximate surface area is 119 Å². The van der Waals surface area contributed by atoms with Crippen LogP contribution in [0, 0.1) is 0 Å². The number of carboxylic acids is 1. The van der Waals surface area contributed by atoms with Crippen molar-refractivity contribution in [3.05, 3.63) is 46.4 Å². The zero-order valence-electron chi connectivity index (χ0n) is 10.5.